The summed E-state index contributed by atoms with van der Waals surface area (Å²) >= 11 is 6.19. The summed E-state index contributed by atoms with van der Waals surface area (Å²) in [7, 11) is 1.93. The van der Waals surface area contributed by atoms with E-state index < -0.39 is 53.5 Å². The predicted octanol–water partition coefficient (Wildman–Crippen LogP) is 5.45. The molecule has 0 atom stereocenters. The molecule has 0 radical (unpaired) electrons. The fraction of sp³-hybridized carbons (Fsp3) is 0.348. The smallest absolute Gasteiger partial charge is 0.452 e. The summed E-state index contributed by atoms with van der Waals surface area (Å²) in [6, 6.07) is 5.75. The number of benzene rings is 1. The van der Waals surface area contributed by atoms with E-state index in [9.17, 15) is 45.6 Å². The van der Waals surface area contributed by atoms with Gasteiger partial charge < -0.3 is 9.47 Å². The number of ether oxygens (including phenoxy) is 2. The van der Waals surface area contributed by atoms with Crippen LogP contribution < -0.4 is 4.74 Å². The quantitative estimate of drug-likeness (QED) is 0.328. The molecule has 2 aromatic heterocycles. The number of nitriles is 1. The van der Waals surface area contributed by atoms with Gasteiger partial charge in [0.25, 0.3) is 5.91 Å². The van der Waals surface area contributed by atoms with Crippen molar-refractivity contribution in [1.29, 1.82) is 5.26 Å². The van der Waals surface area contributed by atoms with E-state index in [2.05, 4.69) is 19.7 Å². The standard InChI is InChI=1S/C23H16ClF7N6O4/c1-35-17(15(41-19(25)26)16(34-35)22(27,28)23(29,30)31)36-9-12(8-33-36)11-3-4-14(24)13(7-11)18(38)37(20(39)40-2)21(10-32)5-6-21/h3-4,7-9,19H,5-6H2,1-2H3. The minimum absolute atomic E-state index is 0.107. The van der Waals surface area contributed by atoms with Crippen LogP contribution in [0.2, 0.25) is 5.02 Å². The number of rotatable bonds is 7. The van der Waals surface area contributed by atoms with Crippen molar-refractivity contribution in [2.24, 2.45) is 7.05 Å². The van der Waals surface area contributed by atoms with Crippen molar-refractivity contribution in [2.45, 2.75) is 37.1 Å². The summed E-state index contributed by atoms with van der Waals surface area (Å²) in [6.07, 6.45) is -4.73. The highest BCUT2D eigenvalue weighted by atomic mass is 35.5. The number of imide groups is 1. The first-order chi connectivity index (χ1) is 19.1. The molecule has 41 heavy (non-hydrogen) atoms. The van der Waals surface area contributed by atoms with E-state index in [0.717, 1.165) is 26.6 Å². The van der Waals surface area contributed by atoms with E-state index in [4.69, 9.17) is 11.6 Å². The Morgan fingerprint density at radius 3 is 2.39 bits per heavy atom. The van der Waals surface area contributed by atoms with Gasteiger partial charge in [-0.1, -0.05) is 17.7 Å². The number of aryl methyl sites for hydroxylation is 1. The van der Waals surface area contributed by atoms with Crippen molar-refractivity contribution < 1.29 is 49.8 Å². The van der Waals surface area contributed by atoms with Crippen LogP contribution in [0.25, 0.3) is 16.9 Å². The lowest BCUT2D eigenvalue weighted by atomic mass is 10.0. The second kappa shape index (κ2) is 10.3. The molecule has 1 aliphatic carbocycles. The number of carbonyl (C=O) groups is 2. The molecule has 0 spiro atoms. The Balaban J connectivity index is 1.78. The maximum absolute atomic E-state index is 14.1. The summed E-state index contributed by atoms with van der Waals surface area (Å²) in [5.74, 6) is -8.97. The third kappa shape index (κ3) is 5.14. The Bertz CT molecular complexity index is 1560. The van der Waals surface area contributed by atoms with Crippen molar-refractivity contribution in [3.63, 3.8) is 0 Å². The van der Waals surface area contributed by atoms with E-state index in [1.165, 1.54) is 18.2 Å². The molecular weight excluding hydrogens is 593 g/mol. The zero-order valence-corrected chi connectivity index (χ0v) is 21.5. The van der Waals surface area contributed by atoms with Crippen LogP contribution in [-0.4, -0.2) is 61.9 Å². The van der Waals surface area contributed by atoms with Crippen LogP contribution in [0.4, 0.5) is 35.5 Å². The average molecular weight is 609 g/mol. The van der Waals surface area contributed by atoms with Gasteiger partial charge in [0.05, 0.1) is 30.0 Å². The summed E-state index contributed by atoms with van der Waals surface area (Å²) in [4.78, 5) is 26.3. The third-order valence-electron chi connectivity index (χ3n) is 6.08. The van der Waals surface area contributed by atoms with E-state index in [1.54, 1.807) is 0 Å². The first kappa shape index (κ1) is 29.6. The SMILES string of the molecule is COC(=O)N(C(=O)c1cc(-c2cnn(-c3c(OC(F)F)c(C(F)(F)C(F)(F)F)nn3C)c2)ccc1Cl)C1(C#N)CC1. The molecule has 0 bridgehead atoms. The number of alkyl halides is 7. The first-order valence-corrected chi connectivity index (χ1v) is 11.6. The minimum Gasteiger partial charge on any atom is -0.452 e. The molecule has 2 heterocycles. The van der Waals surface area contributed by atoms with Crippen LogP contribution >= 0.6 is 11.6 Å². The first-order valence-electron chi connectivity index (χ1n) is 11.2. The molecular formula is C23H16ClF7N6O4. The number of hydrogen-bond acceptors (Lipinski definition) is 7. The summed E-state index contributed by atoms with van der Waals surface area (Å²) < 4.78 is 103. The molecule has 1 fully saturated rings. The summed E-state index contributed by atoms with van der Waals surface area (Å²) in [5.41, 5.74) is -3.48. The maximum atomic E-state index is 14.1. The van der Waals surface area contributed by atoms with Gasteiger partial charge in [-0.2, -0.15) is 46.2 Å². The molecule has 0 saturated heterocycles. The average Bonchev–Trinajstić information content (AvgIpc) is 3.39. The van der Waals surface area contributed by atoms with E-state index in [-0.39, 0.29) is 34.6 Å². The monoisotopic (exact) mass is 608 g/mol. The summed E-state index contributed by atoms with van der Waals surface area (Å²) in [5, 5.41) is 16.3. The van der Waals surface area contributed by atoms with E-state index in [0.29, 0.717) is 14.3 Å². The fourth-order valence-corrected chi connectivity index (χ4v) is 4.11. The van der Waals surface area contributed by atoms with Crippen molar-refractivity contribution in [3.8, 4) is 28.8 Å². The predicted molar refractivity (Wildman–Crippen MR) is 124 cm³/mol. The van der Waals surface area contributed by atoms with Crippen molar-refractivity contribution >= 4 is 23.6 Å². The molecule has 0 unspecified atom stereocenters. The number of methoxy groups -OCH3 is 1. The molecule has 2 amide bonds. The van der Waals surface area contributed by atoms with Gasteiger partial charge in [0, 0.05) is 18.8 Å². The van der Waals surface area contributed by atoms with Gasteiger partial charge >= 0.3 is 24.8 Å². The Hall–Kier alpha value is -4.33. The van der Waals surface area contributed by atoms with Gasteiger partial charge in [0.15, 0.2) is 17.3 Å². The minimum atomic E-state index is -6.18. The molecule has 10 nitrogen and oxygen atoms in total. The molecule has 218 valence electrons. The normalized spacial score (nSPS) is 14.5. The van der Waals surface area contributed by atoms with Gasteiger partial charge in [-0.15, -0.1) is 0 Å². The number of hydrogen-bond donors (Lipinski definition) is 0. The second-order valence-corrected chi connectivity index (χ2v) is 9.10. The number of aromatic nitrogens is 4. The van der Waals surface area contributed by atoms with E-state index >= 15 is 0 Å². The zero-order valence-electron chi connectivity index (χ0n) is 20.7. The molecule has 1 aromatic carbocycles. The lowest BCUT2D eigenvalue weighted by Crippen LogP contribution is -2.45. The molecule has 0 N–H and O–H groups in total. The Morgan fingerprint density at radius 1 is 1.20 bits per heavy atom. The molecule has 1 saturated carbocycles. The molecule has 1 aliphatic rings. The summed E-state index contributed by atoms with van der Waals surface area (Å²) in [6.45, 7) is -3.79. The topological polar surface area (TPSA) is 115 Å². The van der Waals surface area contributed by atoms with Crippen LogP contribution in [-0.2, 0) is 17.7 Å². The molecule has 3 aromatic rings. The number of amides is 2. The lowest BCUT2D eigenvalue weighted by Gasteiger charge is -2.24. The van der Waals surface area contributed by atoms with Crippen LogP contribution in [0.1, 0.15) is 28.9 Å². The van der Waals surface area contributed by atoms with Crippen LogP contribution in [0.15, 0.2) is 30.6 Å². The van der Waals surface area contributed by atoms with Gasteiger partial charge in [-0.3, -0.25) is 4.79 Å². The zero-order chi connectivity index (χ0) is 30.5. The fourth-order valence-electron chi connectivity index (χ4n) is 3.91. The van der Waals surface area contributed by atoms with Crippen LogP contribution in [0.5, 0.6) is 5.75 Å². The van der Waals surface area contributed by atoms with Crippen molar-refractivity contribution in [2.75, 3.05) is 7.11 Å². The van der Waals surface area contributed by atoms with Crippen LogP contribution in [0, 0.1) is 11.3 Å². The maximum Gasteiger partial charge on any atom is 0.459 e. The highest BCUT2D eigenvalue weighted by Crippen LogP contribution is 2.48. The Morgan fingerprint density at radius 2 is 1.85 bits per heavy atom. The third-order valence-corrected chi connectivity index (χ3v) is 6.41. The van der Waals surface area contributed by atoms with Crippen molar-refractivity contribution in [3.05, 3.63) is 46.9 Å². The van der Waals surface area contributed by atoms with Gasteiger partial charge in [-0.25, -0.2) is 19.1 Å². The van der Waals surface area contributed by atoms with Crippen molar-refractivity contribution in [1.82, 2.24) is 24.5 Å². The van der Waals surface area contributed by atoms with E-state index in [1.807, 2.05) is 6.07 Å². The second-order valence-electron chi connectivity index (χ2n) is 8.70. The highest BCUT2D eigenvalue weighted by Gasteiger charge is 2.63. The Kier molecular flexibility index (Phi) is 7.41. The number of nitrogens with zero attached hydrogens (tertiary/aromatic N) is 6. The number of halogens is 8. The van der Waals surface area contributed by atoms with Gasteiger partial charge in [0.1, 0.15) is 5.54 Å². The lowest BCUT2D eigenvalue weighted by molar-refractivity contribution is -0.291. The number of carbonyl (C=O) groups excluding carboxylic acids is 2. The molecule has 4 rings (SSSR count). The molecule has 18 heteroatoms. The largest absolute Gasteiger partial charge is 0.459 e. The van der Waals surface area contributed by atoms with Gasteiger partial charge in [-0.05, 0) is 30.5 Å². The van der Waals surface area contributed by atoms with Crippen LogP contribution in [0.3, 0.4) is 0 Å². The molecule has 0 aliphatic heterocycles. The highest BCUT2D eigenvalue weighted by molar-refractivity contribution is 6.34. The van der Waals surface area contributed by atoms with Gasteiger partial charge in [0.2, 0.25) is 0 Å². The Labute approximate surface area is 230 Å².